The van der Waals surface area contributed by atoms with E-state index in [0.29, 0.717) is 0 Å². The molecule has 2 aromatic rings. The summed E-state index contributed by atoms with van der Waals surface area (Å²) in [6.07, 6.45) is 1.89. The molecule has 0 saturated heterocycles. The molecule has 0 N–H and O–H groups in total. The van der Waals surface area contributed by atoms with E-state index >= 15 is 0 Å². The Bertz CT molecular complexity index is 501. The molecule has 0 aliphatic heterocycles. The van der Waals surface area contributed by atoms with E-state index in [9.17, 15) is 4.57 Å². The molecule has 2 aromatic carbocycles. The van der Waals surface area contributed by atoms with Crippen molar-refractivity contribution in [3.05, 3.63) is 60.7 Å². The summed E-state index contributed by atoms with van der Waals surface area (Å²) in [5.74, 6) is 0. The molecule has 2 rings (SSSR count). The Morgan fingerprint density at radius 3 is 1.67 bits per heavy atom. The number of thioether (sulfide) groups is 1. The highest BCUT2D eigenvalue weighted by atomic mass is 35.5. The zero-order valence-electron chi connectivity index (χ0n) is 9.99. The summed E-state index contributed by atoms with van der Waals surface area (Å²) in [5, 5.41) is 1.62. The van der Waals surface area contributed by atoms with Gasteiger partial charge in [0.1, 0.15) is 4.45 Å². The van der Waals surface area contributed by atoms with E-state index in [1.807, 2.05) is 66.9 Å². The lowest BCUT2D eigenvalue weighted by Gasteiger charge is -2.22. The summed E-state index contributed by atoms with van der Waals surface area (Å²) in [6, 6.07) is 19.0. The third-order valence-electron chi connectivity index (χ3n) is 2.76. The standard InChI is InChI=1S/C14H14ClOPS/c1-18-14(15)17(16,12-8-4-2-5-9-12)13-10-6-3-7-11-13/h2-11,14H,1H3. The van der Waals surface area contributed by atoms with Crippen LogP contribution in [-0.4, -0.2) is 10.7 Å². The lowest BCUT2D eigenvalue weighted by atomic mass is 10.4. The van der Waals surface area contributed by atoms with Gasteiger partial charge in [0, 0.05) is 10.6 Å². The van der Waals surface area contributed by atoms with E-state index in [0.717, 1.165) is 10.6 Å². The van der Waals surface area contributed by atoms with Crippen molar-refractivity contribution in [3.63, 3.8) is 0 Å². The predicted octanol–water partition coefficient (Wildman–Crippen LogP) is 3.89. The second-order valence-corrected chi connectivity index (χ2v) is 9.01. The molecule has 0 fully saturated rings. The van der Waals surface area contributed by atoms with Crippen molar-refractivity contribution in [1.29, 1.82) is 0 Å². The molecular formula is C14H14ClOPS. The van der Waals surface area contributed by atoms with Gasteiger partial charge in [-0.1, -0.05) is 60.7 Å². The average molecular weight is 297 g/mol. The van der Waals surface area contributed by atoms with Gasteiger partial charge in [-0.3, -0.25) is 0 Å². The third-order valence-corrected chi connectivity index (χ3v) is 8.73. The Morgan fingerprint density at radius 1 is 0.944 bits per heavy atom. The van der Waals surface area contributed by atoms with Crippen molar-refractivity contribution in [1.82, 2.24) is 0 Å². The smallest absolute Gasteiger partial charge is 0.169 e. The highest BCUT2D eigenvalue weighted by Crippen LogP contribution is 2.54. The van der Waals surface area contributed by atoms with Gasteiger partial charge in [0.15, 0.2) is 7.14 Å². The summed E-state index contributed by atoms with van der Waals surface area (Å²) >= 11 is 7.77. The number of benzene rings is 2. The molecule has 4 heteroatoms. The monoisotopic (exact) mass is 296 g/mol. The molecule has 0 spiro atoms. The second kappa shape index (κ2) is 5.97. The van der Waals surface area contributed by atoms with Crippen LogP contribution in [0.1, 0.15) is 0 Å². The maximum absolute atomic E-state index is 13.4. The second-order valence-electron chi connectivity index (χ2n) is 3.86. The van der Waals surface area contributed by atoms with Gasteiger partial charge in [-0.15, -0.1) is 23.4 Å². The molecule has 0 amide bonds. The Hall–Kier alpha value is -0.690. The van der Waals surface area contributed by atoms with Crippen LogP contribution in [0.2, 0.25) is 0 Å². The van der Waals surface area contributed by atoms with Crippen molar-refractivity contribution < 1.29 is 4.57 Å². The van der Waals surface area contributed by atoms with Crippen molar-refractivity contribution in [2.75, 3.05) is 6.26 Å². The molecule has 0 aliphatic rings. The van der Waals surface area contributed by atoms with Gasteiger partial charge >= 0.3 is 0 Å². The van der Waals surface area contributed by atoms with Crippen LogP contribution in [-0.2, 0) is 4.57 Å². The van der Waals surface area contributed by atoms with Crippen LogP contribution in [0.15, 0.2) is 60.7 Å². The van der Waals surface area contributed by atoms with Crippen LogP contribution < -0.4 is 10.6 Å². The molecule has 0 aromatic heterocycles. The zero-order chi connectivity index (χ0) is 13.0. The predicted molar refractivity (Wildman–Crippen MR) is 82.9 cm³/mol. The highest BCUT2D eigenvalue weighted by Gasteiger charge is 2.34. The van der Waals surface area contributed by atoms with E-state index in [4.69, 9.17) is 11.6 Å². The summed E-state index contributed by atoms with van der Waals surface area (Å²) in [7, 11) is -2.79. The SMILES string of the molecule is CSC(Cl)P(=O)(c1ccccc1)c1ccccc1. The molecule has 0 aliphatic carbocycles. The minimum Gasteiger partial charge on any atom is -0.311 e. The molecule has 1 unspecified atom stereocenters. The molecule has 0 radical (unpaired) electrons. The minimum absolute atomic E-state index is 0.442. The lowest BCUT2D eigenvalue weighted by molar-refractivity contribution is 0.588. The molecule has 18 heavy (non-hydrogen) atoms. The van der Waals surface area contributed by atoms with Gasteiger partial charge in [0.25, 0.3) is 0 Å². The highest BCUT2D eigenvalue weighted by molar-refractivity contribution is 8.10. The topological polar surface area (TPSA) is 17.1 Å². The average Bonchev–Trinajstić information content (AvgIpc) is 2.47. The summed E-state index contributed by atoms with van der Waals surface area (Å²) in [4.78, 5) is 0. The molecular weight excluding hydrogens is 283 g/mol. The molecule has 1 atom stereocenters. The van der Waals surface area contributed by atoms with E-state index < -0.39 is 11.6 Å². The van der Waals surface area contributed by atoms with Crippen LogP contribution >= 0.6 is 30.5 Å². The molecule has 0 heterocycles. The lowest BCUT2D eigenvalue weighted by Crippen LogP contribution is -2.20. The Labute approximate surface area is 117 Å². The first-order valence-electron chi connectivity index (χ1n) is 5.57. The van der Waals surface area contributed by atoms with Crippen LogP contribution in [0, 0.1) is 0 Å². The Morgan fingerprint density at radius 2 is 1.33 bits per heavy atom. The fourth-order valence-corrected chi connectivity index (χ4v) is 6.42. The fraction of sp³-hybridized carbons (Fsp3) is 0.143. The van der Waals surface area contributed by atoms with Crippen molar-refractivity contribution in [3.8, 4) is 0 Å². The number of hydrogen-bond acceptors (Lipinski definition) is 2. The normalized spacial score (nSPS) is 13.2. The van der Waals surface area contributed by atoms with Gasteiger partial charge in [-0.05, 0) is 6.26 Å². The van der Waals surface area contributed by atoms with Crippen LogP contribution in [0.3, 0.4) is 0 Å². The quantitative estimate of drug-likeness (QED) is 0.629. The van der Waals surface area contributed by atoms with Crippen LogP contribution in [0.25, 0.3) is 0 Å². The van der Waals surface area contributed by atoms with Crippen LogP contribution in [0.5, 0.6) is 0 Å². The summed E-state index contributed by atoms with van der Waals surface area (Å²) < 4.78 is 13.0. The van der Waals surface area contributed by atoms with Crippen molar-refractivity contribution in [2.45, 2.75) is 4.45 Å². The Kier molecular flexibility index (Phi) is 4.55. The first-order valence-corrected chi connectivity index (χ1v) is 9.07. The van der Waals surface area contributed by atoms with Gasteiger partial charge in [0.05, 0.1) is 0 Å². The number of halogens is 1. The van der Waals surface area contributed by atoms with Gasteiger partial charge in [0.2, 0.25) is 0 Å². The first-order chi connectivity index (χ1) is 8.69. The maximum atomic E-state index is 13.4. The molecule has 94 valence electrons. The number of rotatable bonds is 4. The zero-order valence-corrected chi connectivity index (χ0v) is 12.5. The van der Waals surface area contributed by atoms with Crippen molar-refractivity contribution >= 4 is 41.1 Å². The first kappa shape index (κ1) is 13.7. The summed E-state index contributed by atoms with van der Waals surface area (Å²) in [6.45, 7) is 0. The minimum atomic E-state index is -2.79. The molecule has 0 saturated carbocycles. The molecule has 1 nitrogen and oxygen atoms in total. The van der Waals surface area contributed by atoms with Gasteiger partial charge in [-0.25, -0.2) is 0 Å². The maximum Gasteiger partial charge on any atom is 0.169 e. The summed E-state index contributed by atoms with van der Waals surface area (Å²) in [5.41, 5.74) is 0. The Balaban J connectivity index is 2.59. The largest absolute Gasteiger partial charge is 0.311 e. The fourth-order valence-electron chi connectivity index (χ4n) is 1.83. The van der Waals surface area contributed by atoms with E-state index in [1.165, 1.54) is 11.8 Å². The number of alkyl halides is 1. The van der Waals surface area contributed by atoms with Crippen LogP contribution in [0.4, 0.5) is 0 Å². The van der Waals surface area contributed by atoms with E-state index in [-0.39, 0.29) is 0 Å². The third kappa shape index (κ3) is 2.51. The van der Waals surface area contributed by atoms with Crippen molar-refractivity contribution in [2.24, 2.45) is 0 Å². The number of hydrogen-bond donors (Lipinski definition) is 0. The van der Waals surface area contributed by atoms with E-state index in [2.05, 4.69) is 0 Å². The van der Waals surface area contributed by atoms with Gasteiger partial charge in [-0.2, -0.15) is 0 Å². The van der Waals surface area contributed by atoms with E-state index in [1.54, 1.807) is 0 Å². The van der Waals surface area contributed by atoms with Gasteiger partial charge < -0.3 is 4.57 Å². The molecule has 0 bridgehead atoms.